The Bertz CT molecular complexity index is 1700. The Kier molecular flexibility index (Phi) is 11.8. The number of sulfone groups is 1. The summed E-state index contributed by atoms with van der Waals surface area (Å²) in [5, 5.41) is 21.3. The van der Waals surface area contributed by atoms with Gasteiger partial charge in [0.1, 0.15) is 21.6 Å². The number of esters is 1. The number of nitrogens with one attached hydrogen (secondary N) is 1. The summed E-state index contributed by atoms with van der Waals surface area (Å²) in [7, 11) is -8.01. The summed E-state index contributed by atoms with van der Waals surface area (Å²) in [5.41, 5.74) is 7.00. The van der Waals surface area contributed by atoms with E-state index in [0.717, 1.165) is 18.6 Å². The standard InChI is InChI=1S/C28H32ClN3O9S2/c1-2-3-8-27(34)41-18-40-24-15-20(22-6-4-5-7-25(22)42(36,37)17-29)10-9-19(24)13-14-31-43(38,39)26-16-21(28(30)32-35)11-12-23(26)33/h4-7,9-12,15-16,31,33,35H,2-3,8,13-14,17-18H2,1H3,(H2,30,32). The molecule has 0 fully saturated rings. The van der Waals surface area contributed by atoms with E-state index in [1.807, 2.05) is 6.92 Å². The molecule has 3 rings (SSSR count). The van der Waals surface area contributed by atoms with Gasteiger partial charge in [-0.3, -0.25) is 4.79 Å². The summed E-state index contributed by atoms with van der Waals surface area (Å²) in [4.78, 5) is 11.5. The Morgan fingerprint density at radius 1 is 1.05 bits per heavy atom. The number of oxime groups is 1. The summed E-state index contributed by atoms with van der Waals surface area (Å²) in [6.07, 6.45) is 1.79. The van der Waals surface area contributed by atoms with Crippen molar-refractivity contribution in [3.8, 4) is 22.6 Å². The first-order chi connectivity index (χ1) is 20.4. The lowest BCUT2D eigenvalue weighted by molar-refractivity contribution is -0.150. The second kappa shape index (κ2) is 15.0. The zero-order valence-corrected chi connectivity index (χ0v) is 25.6. The predicted octanol–water partition coefficient (Wildman–Crippen LogP) is 3.71. The van der Waals surface area contributed by atoms with Crippen molar-refractivity contribution in [2.45, 2.75) is 42.4 Å². The molecule has 0 saturated heterocycles. The topological polar surface area (TPSA) is 195 Å². The number of carbonyl (C=O) groups excluding carboxylic acids is 1. The summed E-state index contributed by atoms with van der Waals surface area (Å²) < 4.78 is 64.4. The van der Waals surface area contributed by atoms with Gasteiger partial charge in [0.2, 0.25) is 16.8 Å². The molecular formula is C28H32ClN3O9S2. The van der Waals surface area contributed by atoms with Crippen LogP contribution in [0.4, 0.5) is 0 Å². The molecular weight excluding hydrogens is 622 g/mol. The highest BCUT2D eigenvalue weighted by molar-refractivity contribution is 7.92. The zero-order chi connectivity index (χ0) is 31.6. The second-order valence-electron chi connectivity index (χ2n) is 9.24. The minimum Gasteiger partial charge on any atom is -0.507 e. The molecule has 0 bridgehead atoms. The van der Waals surface area contributed by atoms with Crippen LogP contribution in [0.15, 0.2) is 75.6 Å². The molecule has 5 N–H and O–H groups in total. The van der Waals surface area contributed by atoms with Gasteiger partial charge in [-0.1, -0.05) is 48.8 Å². The summed E-state index contributed by atoms with van der Waals surface area (Å²) >= 11 is 5.70. The number of alkyl halides is 1. The average Bonchev–Trinajstić information content (AvgIpc) is 3.00. The lowest BCUT2D eigenvalue weighted by atomic mass is 10.0. The maximum atomic E-state index is 13.0. The number of hydrogen-bond donors (Lipinski definition) is 4. The maximum absolute atomic E-state index is 13.0. The molecule has 15 heteroatoms. The van der Waals surface area contributed by atoms with Crippen LogP contribution in [0.1, 0.15) is 37.3 Å². The van der Waals surface area contributed by atoms with Crippen molar-refractivity contribution in [3.05, 3.63) is 71.8 Å². The van der Waals surface area contributed by atoms with E-state index in [-0.39, 0.29) is 41.4 Å². The zero-order valence-electron chi connectivity index (χ0n) is 23.2. The van der Waals surface area contributed by atoms with Crippen LogP contribution in [0.3, 0.4) is 0 Å². The van der Waals surface area contributed by atoms with Crippen LogP contribution in [-0.4, -0.2) is 57.5 Å². The number of nitrogens with two attached hydrogens (primary N) is 1. The van der Waals surface area contributed by atoms with E-state index in [9.17, 15) is 26.7 Å². The van der Waals surface area contributed by atoms with Crippen LogP contribution >= 0.6 is 11.6 Å². The number of aromatic hydroxyl groups is 1. The van der Waals surface area contributed by atoms with Crippen LogP contribution in [0.25, 0.3) is 11.1 Å². The number of amidine groups is 1. The van der Waals surface area contributed by atoms with Gasteiger partial charge in [0, 0.05) is 24.1 Å². The lowest BCUT2D eigenvalue weighted by Gasteiger charge is -2.16. The number of phenolic OH excluding ortho intramolecular Hbond substituents is 1. The van der Waals surface area contributed by atoms with Crippen LogP contribution in [0.5, 0.6) is 11.5 Å². The Labute approximate surface area is 255 Å². The van der Waals surface area contributed by atoms with Crippen LogP contribution in [0.2, 0.25) is 0 Å². The lowest BCUT2D eigenvalue weighted by Crippen LogP contribution is -2.26. The van der Waals surface area contributed by atoms with Crippen molar-refractivity contribution >= 4 is 43.3 Å². The molecule has 0 spiro atoms. The van der Waals surface area contributed by atoms with E-state index >= 15 is 0 Å². The van der Waals surface area contributed by atoms with Crippen molar-refractivity contribution in [2.75, 3.05) is 18.5 Å². The maximum Gasteiger partial charge on any atom is 0.308 e. The molecule has 0 unspecified atom stereocenters. The molecule has 0 aliphatic rings. The van der Waals surface area contributed by atoms with Gasteiger partial charge in [-0.2, -0.15) is 0 Å². The van der Waals surface area contributed by atoms with Gasteiger partial charge in [0.05, 0.1) is 4.90 Å². The molecule has 3 aromatic rings. The quantitative estimate of drug-likeness (QED) is 0.0357. The second-order valence-corrected chi connectivity index (χ2v) is 13.5. The summed E-state index contributed by atoms with van der Waals surface area (Å²) in [5.74, 6) is -1.09. The predicted molar refractivity (Wildman–Crippen MR) is 160 cm³/mol. The number of phenols is 1. The van der Waals surface area contributed by atoms with Gasteiger partial charge in [-0.05, 0) is 54.3 Å². The molecule has 3 aromatic carbocycles. The fraction of sp³-hybridized carbons (Fsp3) is 0.286. The number of benzene rings is 3. The minimum atomic E-state index is -4.23. The number of sulfonamides is 1. The molecule has 0 saturated carbocycles. The van der Waals surface area contributed by atoms with Crippen molar-refractivity contribution < 1.29 is 41.4 Å². The first-order valence-corrected chi connectivity index (χ1v) is 16.7. The Balaban J connectivity index is 1.88. The number of ether oxygens (including phenoxy) is 2. The van der Waals surface area contributed by atoms with Crippen molar-refractivity contribution in [1.82, 2.24) is 4.72 Å². The normalized spacial score (nSPS) is 12.2. The molecule has 0 aliphatic carbocycles. The van der Waals surface area contributed by atoms with Gasteiger partial charge in [-0.25, -0.2) is 21.6 Å². The third-order valence-corrected chi connectivity index (χ3v) is 9.92. The van der Waals surface area contributed by atoms with E-state index in [1.54, 1.807) is 36.4 Å². The van der Waals surface area contributed by atoms with Gasteiger partial charge < -0.3 is 25.5 Å². The third kappa shape index (κ3) is 8.83. The Morgan fingerprint density at radius 2 is 1.79 bits per heavy atom. The molecule has 0 amide bonds. The van der Waals surface area contributed by atoms with E-state index in [1.165, 1.54) is 12.1 Å². The highest BCUT2D eigenvalue weighted by atomic mass is 35.5. The van der Waals surface area contributed by atoms with Gasteiger partial charge in [0.25, 0.3) is 0 Å². The molecule has 0 aromatic heterocycles. The van der Waals surface area contributed by atoms with E-state index in [0.29, 0.717) is 23.1 Å². The SMILES string of the molecule is CCCCC(=O)OCOc1cc(-c2ccccc2S(=O)(=O)CCl)ccc1CCNS(=O)(=O)c1cc(/C(N)=N/O)ccc1O. The van der Waals surface area contributed by atoms with Crippen LogP contribution in [-0.2, 0) is 35.8 Å². The number of hydrogen-bond acceptors (Lipinski definition) is 10. The van der Waals surface area contributed by atoms with Gasteiger partial charge in [-0.15, -0.1) is 11.6 Å². The highest BCUT2D eigenvalue weighted by Crippen LogP contribution is 2.33. The number of unbranched alkanes of at least 4 members (excludes halogenated alkanes) is 1. The van der Waals surface area contributed by atoms with E-state index in [2.05, 4.69) is 9.88 Å². The molecule has 0 heterocycles. The smallest absolute Gasteiger partial charge is 0.308 e. The number of nitrogens with zero attached hydrogens (tertiary/aromatic N) is 1. The highest BCUT2D eigenvalue weighted by Gasteiger charge is 2.22. The molecule has 0 aliphatic heterocycles. The fourth-order valence-electron chi connectivity index (χ4n) is 3.99. The number of rotatable bonds is 15. The van der Waals surface area contributed by atoms with Crippen molar-refractivity contribution in [1.29, 1.82) is 0 Å². The van der Waals surface area contributed by atoms with Crippen LogP contribution in [0, 0.1) is 0 Å². The van der Waals surface area contributed by atoms with Crippen molar-refractivity contribution in [3.63, 3.8) is 0 Å². The fourth-order valence-corrected chi connectivity index (χ4v) is 6.42. The molecule has 43 heavy (non-hydrogen) atoms. The Hall–Kier alpha value is -3.85. The summed E-state index contributed by atoms with van der Waals surface area (Å²) in [6, 6.07) is 14.6. The average molecular weight is 654 g/mol. The number of halogens is 1. The minimum absolute atomic E-state index is 0.0244. The van der Waals surface area contributed by atoms with Crippen LogP contribution < -0.4 is 15.2 Å². The largest absolute Gasteiger partial charge is 0.507 e. The number of carbonyl (C=O) groups is 1. The molecule has 12 nitrogen and oxygen atoms in total. The Morgan fingerprint density at radius 3 is 2.49 bits per heavy atom. The first-order valence-electron chi connectivity index (χ1n) is 13.0. The van der Waals surface area contributed by atoms with Gasteiger partial charge >= 0.3 is 5.97 Å². The molecule has 0 radical (unpaired) electrons. The van der Waals surface area contributed by atoms with E-state index < -0.39 is 48.5 Å². The third-order valence-electron chi connectivity index (χ3n) is 6.25. The monoisotopic (exact) mass is 653 g/mol. The molecule has 0 atom stereocenters. The van der Waals surface area contributed by atoms with E-state index in [4.69, 9.17) is 32.0 Å². The van der Waals surface area contributed by atoms with Crippen molar-refractivity contribution in [2.24, 2.45) is 10.9 Å². The first kappa shape index (κ1) is 33.6. The van der Waals surface area contributed by atoms with Gasteiger partial charge in [0.15, 0.2) is 15.7 Å². The molecule has 232 valence electrons. The summed E-state index contributed by atoms with van der Waals surface area (Å²) in [6.45, 7) is 1.38.